The maximum Gasteiger partial charge on any atom is 0.270 e. The van der Waals surface area contributed by atoms with Crippen LogP contribution in [0.2, 0.25) is 0 Å². The summed E-state index contributed by atoms with van der Waals surface area (Å²) in [4.78, 5) is 15.5. The molecule has 2 aliphatic carbocycles. The minimum Gasteiger partial charge on any atom is -0.237 e. The van der Waals surface area contributed by atoms with E-state index in [-0.39, 0.29) is 0 Å². The summed E-state index contributed by atoms with van der Waals surface area (Å²) in [6.07, 6.45) is 0. The SMILES string of the molecule is [C-]#[N+]C1=C(c2cc(F)c([N+]#[C-])cc2F)/C(=C(/C#N)[N+]#[C-])c2c(F)c3c(c(F)c21)/C(=C(/C#N)[N+]#[C-])C(c1ccc(C#N)nc1F)=C3C#N. The molecule has 216 valence electrons. The lowest BCUT2D eigenvalue weighted by Gasteiger charge is -2.15. The standard InChI is InChI=1S/C33H4F5N9/c1-43-19-8-17(34)15(7-18(19)35)24-26(21(12-42)45-3)28-29(32(24)46-4)31(37)27-23(30(28)36)16(10-40)22(25(27)20(11-41)44-2)14-6-5-13(9-39)47-33(14)38/h5-8H/b25-20-,26-21+. The van der Waals surface area contributed by atoms with Crippen molar-refractivity contribution < 1.29 is 22.0 Å². The third kappa shape index (κ3) is 4.18. The van der Waals surface area contributed by atoms with Crippen LogP contribution in [0.5, 0.6) is 0 Å². The molecule has 0 fully saturated rings. The molecule has 0 bridgehead atoms. The van der Waals surface area contributed by atoms with Crippen molar-refractivity contribution in [1.29, 1.82) is 21.0 Å². The van der Waals surface area contributed by atoms with Gasteiger partial charge in [0.1, 0.15) is 41.1 Å². The minimum atomic E-state index is -1.58. The molecule has 1 aromatic heterocycles. The zero-order valence-corrected chi connectivity index (χ0v) is 22.7. The second-order valence-corrected chi connectivity index (χ2v) is 9.26. The minimum absolute atomic E-state index is 0.418. The molecule has 1 heterocycles. The molecule has 0 atom stereocenters. The number of rotatable bonds is 2. The molecular formula is C33H4F5N9. The molecule has 47 heavy (non-hydrogen) atoms. The zero-order valence-electron chi connectivity index (χ0n) is 22.7. The van der Waals surface area contributed by atoms with Crippen LogP contribution < -0.4 is 0 Å². The van der Waals surface area contributed by atoms with Crippen LogP contribution in [0.15, 0.2) is 35.7 Å². The van der Waals surface area contributed by atoms with Crippen LogP contribution in [0.25, 0.3) is 52.9 Å². The lowest BCUT2D eigenvalue weighted by atomic mass is 9.90. The summed E-state index contributed by atoms with van der Waals surface area (Å²) in [5.41, 5.74) is -13.2. The van der Waals surface area contributed by atoms with Gasteiger partial charge < -0.3 is 0 Å². The second-order valence-electron chi connectivity index (χ2n) is 9.26. The summed E-state index contributed by atoms with van der Waals surface area (Å²) in [5, 5.41) is 38.8. The Bertz CT molecular complexity index is 2520. The van der Waals surface area contributed by atoms with Crippen LogP contribution in [0.4, 0.5) is 27.6 Å². The molecule has 14 heteroatoms. The monoisotopic (exact) mass is 621 g/mol. The van der Waals surface area contributed by atoms with Gasteiger partial charge in [-0.2, -0.15) is 14.9 Å². The summed E-state index contributed by atoms with van der Waals surface area (Å²) >= 11 is 0. The number of allylic oxidation sites excluding steroid dienone is 7. The van der Waals surface area contributed by atoms with E-state index in [1.807, 2.05) is 0 Å². The third-order valence-corrected chi connectivity index (χ3v) is 7.14. The average molecular weight is 621 g/mol. The van der Waals surface area contributed by atoms with Crippen LogP contribution >= 0.6 is 0 Å². The highest BCUT2D eigenvalue weighted by molar-refractivity contribution is 6.29. The number of halogens is 5. The number of benzene rings is 2. The predicted molar refractivity (Wildman–Crippen MR) is 152 cm³/mol. The van der Waals surface area contributed by atoms with E-state index in [0.717, 1.165) is 12.1 Å². The second kappa shape index (κ2) is 11.3. The van der Waals surface area contributed by atoms with Crippen molar-refractivity contribution in [3.63, 3.8) is 0 Å². The Hall–Kier alpha value is -7.88. The highest BCUT2D eigenvalue weighted by atomic mass is 19.1. The quantitative estimate of drug-likeness (QED) is 0.125. The highest BCUT2D eigenvalue weighted by Crippen LogP contribution is 2.58. The van der Waals surface area contributed by atoms with Crippen LogP contribution in [0, 0.1) is 101 Å². The van der Waals surface area contributed by atoms with E-state index in [4.69, 9.17) is 31.6 Å². The summed E-state index contributed by atoms with van der Waals surface area (Å²) in [6.45, 7) is 29.9. The van der Waals surface area contributed by atoms with Crippen LogP contribution in [-0.4, -0.2) is 4.98 Å². The van der Waals surface area contributed by atoms with Crippen molar-refractivity contribution in [1.82, 2.24) is 4.98 Å². The first-order valence-electron chi connectivity index (χ1n) is 12.4. The molecule has 0 aliphatic heterocycles. The van der Waals surface area contributed by atoms with Crippen molar-refractivity contribution in [3.8, 4) is 24.3 Å². The van der Waals surface area contributed by atoms with Crippen LogP contribution in [-0.2, 0) is 0 Å². The van der Waals surface area contributed by atoms with Gasteiger partial charge in [0.15, 0.2) is 0 Å². The molecule has 3 aromatic rings. The number of aromatic nitrogens is 1. The van der Waals surface area contributed by atoms with Gasteiger partial charge in [-0.05, 0) is 35.4 Å². The summed E-state index contributed by atoms with van der Waals surface area (Å²) in [5.74, 6) is -7.21. The van der Waals surface area contributed by atoms with E-state index < -0.39 is 119 Å². The first-order valence-corrected chi connectivity index (χ1v) is 12.4. The van der Waals surface area contributed by atoms with Crippen molar-refractivity contribution >= 4 is 39.2 Å². The smallest absolute Gasteiger partial charge is 0.237 e. The number of nitriles is 4. The van der Waals surface area contributed by atoms with Gasteiger partial charge in [-0.1, -0.05) is 0 Å². The van der Waals surface area contributed by atoms with Crippen LogP contribution in [0.3, 0.4) is 0 Å². The predicted octanol–water partition coefficient (Wildman–Crippen LogP) is 7.76. The largest absolute Gasteiger partial charge is 0.270 e. The van der Waals surface area contributed by atoms with Gasteiger partial charge in [0.05, 0.1) is 44.0 Å². The molecule has 2 aliphatic rings. The summed E-state index contributed by atoms with van der Waals surface area (Å²) < 4.78 is 79.3. The van der Waals surface area contributed by atoms with Crippen molar-refractivity contribution in [2.24, 2.45) is 0 Å². The fourth-order valence-electron chi connectivity index (χ4n) is 5.36. The Kier molecular flexibility index (Phi) is 7.36. The third-order valence-electron chi connectivity index (χ3n) is 7.14. The normalized spacial score (nSPS) is 14.7. The lowest BCUT2D eigenvalue weighted by Crippen LogP contribution is -2.05. The molecular weight excluding hydrogens is 617 g/mol. The van der Waals surface area contributed by atoms with Gasteiger partial charge in [-0.3, -0.25) is 0 Å². The van der Waals surface area contributed by atoms with Crippen molar-refractivity contribution in [3.05, 3.63) is 150 Å². The maximum absolute atomic E-state index is 17.0. The van der Waals surface area contributed by atoms with Gasteiger partial charge in [-0.15, -0.1) is 0 Å². The van der Waals surface area contributed by atoms with Gasteiger partial charge in [-0.25, -0.2) is 52.4 Å². The fraction of sp³-hybridized carbons (Fsp3) is 0. The molecule has 2 aromatic carbocycles. The molecule has 0 saturated heterocycles. The number of hydrogen-bond acceptors (Lipinski definition) is 5. The van der Waals surface area contributed by atoms with E-state index in [2.05, 4.69) is 24.4 Å². The van der Waals surface area contributed by atoms with Gasteiger partial charge in [0, 0.05) is 44.5 Å². The van der Waals surface area contributed by atoms with Crippen molar-refractivity contribution in [2.75, 3.05) is 0 Å². The van der Waals surface area contributed by atoms with E-state index in [0.29, 0.717) is 12.1 Å². The van der Waals surface area contributed by atoms with E-state index in [1.165, 1.54) is 12.1 Å². The topological polar surface area (TPSA) is 125 Å². The molecule has 0 amide bonds. The number of hydrogen-bond donors (Lipinski definition) is 0. The fourth-order valence-corrected chi connectivity index (χ4v) is 5.36. The first kappa shape index (κ1) is 30.6. The summed E-state index contributed by atoms with van der Waals surface area (Å²) in [7, 11) is 0. The average Bonchev–Trinajstić information content (AvgIpc) is 3.60. The highest BCUT2D eigenvalue weighted by Gasteiger charge is 2.44. The Morgan fingerprint density at radius 2 is 1.26 bits per heavy atom. The Morgan fingerprint density at radius 1 is 0.660 bits per heavy atom. The van der Waals surface area contributed by atoms with E-state index >= 15 is 17.6 Å². The Morgan fingerprint density at radius 3 is 1.77 bits per heavy atom. The number of nitrogens with zero attached hydrogens (tertiary/aromatic N) is 9. The first-order chi connectivity index (χ1) is 22.6. The number of fused-ring (bicyclic) bond motifs is 2. The molecule has 5 rings (SSSR count). The Labute approximate surface area is 261 Å². The summed E-state index contributed by atoms with van der Waals surface area (Å²) in [6, 6.07) is 8.96. The Balaban J connectivity index is 2.04. The molecule has 9 nitrogen and oxygen atoms in total. The molecule has 0 spiro atoms. The van der Waals surface area contributed by atoms with Gasteiger partial charge >= 0.3 is 0 Å². The number of pyridine rings is 1. The molecule has 0 radical (unpaired) electrons. The molecule has 0 saturated carbocycles. The van der Waals surface area contributed by atoms with Crippen LogP contribution in [0.1, 0.15) is 39.1 Å². The molecule has 0 unspecified atom stereocenters. The van der Waals surface area contributed by atoms with Crippen molar-refractivity contribution in [2.45, 2.75) is 0 Å². The maximum atomic E-state index is 17.0. The molecule has 0 N–H and O–H groups in total. The van der Waals surface area contributed by atoms with Gasteiger partial charge in [0.2, 0.25) is 17.3 Å². The lowest BCUT2D eigenvalue weighted by molar-refractivity contribution is 0.579. The van der Waals surface area contributed by atoms with E-state index in [1.54, 1.807) is 12.1 Å². The van der Waals surface area contributed by atoms with Gasteiger partial charge in [0.25, 0.3) is 11.4 Å². The van der Waals surface area contributed by atoms with E-state index in [9.17, 15) is 20.2 Å². The zero-order chi connectivity index (χ0) is 34.3.